The van der Waals surface area contributed by atoms with Gasteiger partial charge in [-0.05, 0) is 20.0 Å². The van der Waals surface area contributed by atoms with Gasteiger partial charge in [0, 0.05) is 12.5 Å². The van der Waals surface area contributed by atoms with Crippen molar-refractivity contribution in [2.24, 2.45) is 0 Å². The third kappa shape index (κ3) is 1.50. The molecule has 1 aliphatic rings. The molecular weight excluding hydrogens is 182 g/mol. The van der Waals surface area contributed by atoms with Crippen molar-refractivity contribution in [1.82, 2.24) is 15.1 Å². The summed E-state index contributed by atoms with van der Waals surface area (Å²) in [5.41, 5.74) is 1.08. The second-order valence-electron chi connectivity index (χ2n) is 3.75. The molecule has 0 aromatic carbocycles. The number of H-pyrrole nitrogens is 1. The number of hydrogen-bond donors (Lipinski definition) is 2. The van der Waals surface area contributed by atoms with Crippen molar-refractivity contribution in [3.8, 4) is 0 Å². The summed E-state index contributed by atoms with van der Waals surface area (Å²) in [6.45, 7) is 1.92. The number of aromatic amines is 1. The molecular formula is C9H13N3O2. The molecule has 14 heavy (non-hydrogen) atoms. The fraction of sp³-hybridized carbons (Fsp3) is 0.556. The Hall–Kier alpha value is -1.36. The van der Waals surface area contributed by atoms with Gasteiger partial charge in [-0.3, -0.25) is 5.10 Å². The highest BCUT2D eigenvalue weighted by Gasteiger charge is 2.26. The molecule has 2 N–H and O–H groups in total. The molecule has 0 radical (unpaired) electrons. The van der Waals surface area contributed by atoms with Gasteiger partial charge in [0.15, 0.2) is 0 Å². The molecule has 1 atom stereocenters. The summed E-state index contributed by atoms with van der Waals surface area (Å²) in [5, 5.41) is 15.5. The first-order valence-electron chi connectivity index (χ1n) is 4.63. The van der Waals surface area contributed by atoms with E-state index in [4.69, 9.17) is 5.11 Å². The molecule has 2 heterocycles. The molecule has 1 aliphatic heterocycles. The minimum atomic E-state index is -0.900. The number of carboxylic acids is 1. The monoisotopic (exact) mass is 195 g/mol. The zero-order valence-electron chi connectivity index (χ0n) is 8.03. The van der Waals surface area contributed by atoms with E-state index in [0.29, 0.717) is 5.56 Å². The van der Waals surface area contributed by atoms with Crippen LogP contribution < -0.4 is 0 Å². The van der Waals surface area contributed by atoms with Gasteiger partial charge in [0.2, 0.25) is 0 Å². The van der Waals surface area contributed by atoms with Crippen molar-refractivity contribution >= 4 is 5.97 Å². The Kier molecular flexibility index (Phi) is 2.25. The second-order valence-corrected chi connectivity index (χ2v) is 3.75. The quantitative estimate of drug-likeness (QED) is 0.722. The fourth-order valence-electron chi connectivity index (χ4n) is 1.95. The number of nitrogens with one attached hydrogen (secondary N) is 1. The third-order valence-corrected chi connectivity index (χ3v) is 2.70. The number of likely N-dealkylation sites (N-methyl/N-ethyl adjacent to an activating group) is 1. The fourth-order valence-corrected chi connectivity index (χ4v) is 1.95. The Bertz CT molecular complexity index is 348. The number of aromatic carboxylic acids is 1. The zero-order valence-corrected chi connectivity index (χ0v) is 8.03. The summed E-state index contributed by atoms with van der Waals surface area (Å²) in [6, 6.07) is 0. The van der Waals surface area contributed by atoms with Gasteiger partial charge in [0.25, 0.3) is 0 Å². The van der Waals surface area contributed by atoms with E-state index in [1.807, 2.05) is 7.05 Å². The van der Waals surface area contributed by atoms with E-state index in [2.05, 4.69) is 15.1 Å². The predicted octanol–water partition coefficient (Wildman–Crippen LogP) is 0.527. The maximum absolute atomic E-state index is 10.8. The maximum Gasteiger partial charge on any atom is 0.339 e. The molecule has 1 fully saturated rings. The van der Waals surface area contributed by atoms with Crippen molar-refractivity contribution in [2.45, 2.75) is 12.3 Å². The number of carboxylic acid groups (broad SMARTS) is 1. The summed E-state index contributed by atoms with van der Waals surface area (Å²) in [4.78, 5) is 13.0. The van der Waals surface area contributed by atoms with Gasteiger partial charge in [0.1, 0.15) is 5.56 Å². The van der Waals surface area contributed by atoms with Crippen LogP contribution in [0.2, 0.25) is 0 Å². The lowest BCUT2D eigenvalue weighted by molar-refractivity contribution is 0.0695. The van der Waals surface area contributed by atoms with Gasteiger partial charge >= 0.3 is 5.97 Å². The Morgan fingerprint density at radius 2 is 2.57 bits per heavy atom. The Morgan fingerprint density at radius 3 is 3.14 bits per heavy atom. The summed E-state index contributed by atoms with van der Waals surface area (Å²) in [6.07, 6.45) is 2.38. The van der Waals surface area contributed by atoms with Crippen molar-refractivity contribution in [3.05, 3.63) is 17.5 Å². The normalized spacial score (nSPS) is 22.8. The highest BCUT2D eigenvalue weighted by Crippen LogP contribution is 2.26. The summed E-state index contributed by atoms with van der Waals surface area (Å²) in [7, 11) is 2.04. The molecule has 5 heteroatoms. The van der Waals surface area contributed by atoms with E-state index < -0.39 is 5.97 Å². The van der Waals surface area contributed by atoms with Crippen LogP contribution in [0.5, 0.6) is 0 Å². The van der Waals surface area contributed by atoms with E-state index in [0.717, 1.165) is 25.2 Å². The number of aromatic nitrogens is 2. The van der Waals surface area contributed by atoms with Crippen LogP contribution in [0.25, 0.3) is 0 Å². The van der Waals surface area contributed by atoms with Crippen molar-refractivity contribution in [1.29, 1.82) is 0 Å². The highest BCUT2D eigenvalue weighted by atomic mass is 16.4. The second kappa shape index (κ2) is 3.42. The van der Waals surface area contributed by atoms with Gasteiger partial charge in [0.05, 0.1) is 11.9 Å². The van der Waals surface area contributed by atoms with E-state index in [9.17, 15) is 4.79 Å². The highest BCUT2D eigenvalue weighted by molar-refractivity contribution is 5.88. The average molecular weight is 195 g/mol. The smallest absolute Gasteiger partial charge is 0.339 e. The first-order chi connectivity index (χ1) is 6.68. The maximum atomic E-state index is 10.8. The number of nitrogens with zero attached hydrogens (tertiary/aromatic N) is 2. The van der Waals surface area contributed by atoms with Crippen molar-refractivity contribution in [2.75, 3.05) is 20.1 Å². The van der Waals surface area contributed by atoms with Gasteiger partial charge in [-0.2, -0.15) is 5.10 Å². The van der Waals surface area contributed by atoms with E-state index in [1.165, 1.54) is 6.20 Å². The van der Waals surface area contributed by atoms with Gasteiger partial charge in [-0.1, -0.05) is 0 Å². The van der Waals surface area contributed by atoms with Crippen molar-refractivity contribution in [3.63, 3.8) is 0 Å². The standard InChI is InChI=1S/C9H13N3O2/c1-12-3-2-6(5-12)8-7(9(13)14)4-10-11-8/h4,6H,2-3,5H2,1H3,(H,10,11)(H,13,14). The summed E-state index contributed by atoms with van der Waals surface area (Å²) >= 11 is 0. The van der Waals surface area contributed by atoms with Crippen LogP contribution >= 0.6 is 0 Å². The predicted molar refractivity (Wildman–Crippen MR) is 50.4 cm³/mol. The molecule has 1 aromatic heterocycles. The third-order valence-electron chi connectivity index (χ3n) is 2.70. The average Bonchev–Trinajstić information content (AvgIpc) is 2.70. The van der Waals surface area contributed by atoms with Crippen LogP contribution in [0.4, 0.5) is 0 Å². The molecule has 0 spiro atoms. The van der Waals surface area contributed by atoms with Crippen LogP contribution in [-0.2, 0) is 0 Å². The minimum absolute atomic E-state index is 0.286. The van der Waals surface area contributed by atoms with Gasteiger partial charge in [-0.25, -0.2) is 4.79 Å². The first kappa shape index (κ1) is 9.21. The molecule has 0 aliphatic carbocycles. The van der Waals surface area contributed by atoms with E-state index in [-0.39, 0.29) is 5.92 Å². The lowest BCUT2D eigenvalue weighted by atomic mass is 10.0. The molecule has 76 valence electrons. The van der Waals surface area contributed by atoms with Crippen LogP contribution in [-0.4, -0.2) is 46.3 Å². The lowest BCUT2D eigenvalue weighted by Gasteiger charge is -2.08. The zero-order chi connectivity index (χ0) is 10.1. The number of rotatable bonds is 2. The molecule has 0 saturated carbocycles. The van der Waals surface area contributed by atoms with Crippen LogP contribution in [0, 0.1) is 0 Å². The summed E-state index contributed by atoms with van der Waals surface area (Å²) in [5.74, 6) is -0.614. The largest absolute Gasteiger partial charge is 0.478 e. The topological polar surface area (TPSA) is 69.2 Å². The minimum Gasteiger partial charge on any atom is -0.478 e. The first-order valence-corrected chi connectivity index (χ1v) is 4.63. The van der Waals surface area contributed by atoms with Crippen LogP contribution in [0.15, 0.2) is 6.20 Å². The molecule has 1 aromatic rings. The lowest BCUT2D eigenvalue weighted by Crippen LogP contribution is -2.14. The van der Waals surface area contributed by atoms with Gasteiger partial charge < -0.3 is 10.0 Å². The van der Waals surface area contributed by atoms with Crippen molar-refractivity contribution < 1.29 is 9.90 Å². The molecule has 1 unspecified atom stereocenters. The number of carbonyl (C=O) groups is 1. The van der Waals surface area contributed by atoms with Crippen LogP contribution in [0.3, 0.4) is 0 Å². The van der Waals surface area contributed by atoms with Gasteiger partial charge in [-0.15, -0.1) is 0 Å². The molecule has 1 saturated heterocycles. The van der Waals surface area contributed by atoms with E-state index in [1.54, 1.807) is 0 Å². The Morgan fingerprint density at radius 1 is 1.79 bits per heavy atom. The number of hydrogen-bond acceptors (Lipinski definition) is 3. The van der Waals surface area contributed by atoms with E-state index >= 15 is 0 Å². The summed E-state index contributed by atoms with van der Waals surface area (Å²) < 4.78 is 0. The SMILES string of the molecule is CN1CCC(c2[nH]ncc2C(=O)O)C1. The molecule has 0 amide bonds. The molecule has 5 nitrogen and oxygen atoms in total. The number of likely N-dealkylation sites (tertiary alicyclic amines) is 1. The molecule has 0 bridgehead atoms. The Labute approximate surface area is 81.7 Å². The van der Waals surface area contributed by atoms with Crippen LogP contribution in [0.1, 0.15) is 28.4 Å². The molecule has 2 rings (SSSR count). The Balaban J connectivity index is 2.23.